The Hall–Kier alpha value is -1.96. The lowest BCUT2D eigenvalue weighted by molar-refractivity contribution is -0.128. The number of halogens is 2. The van der Waals surface area contributed by atoms with E-state index in [4.69, 9.17) is 27.9 Å². The zero-order valence-electron chi connectivity index (χ0n) is 15.4. The summed E-state index contributed by atoms with van der Waals surface area (Å²) in [6, 6.07) is 10.4. The molecule has 28 heavy (non-hydrogen) atoms. The first-order valence-electron chi connectivity index (χ1n) is 8.71. The van der Waals surface area contributed by atoms with Crippen molar-refractivity contribution >= 4 is 46.5 Å². The van der Waals surface area contributed by atoms with Crippen LogP contribution in [-0.2, 0) is 4.79 Å². The summed E-state index contributed by atoms with van der Waals surface area (Å²) < 4.78 is 7.60. The van der Waals surface area contributed by atoms with Gasteiger partial charge in [-0.15, -0.1) is 10.2 Å². The van der Waals surface area contributed by atoms with E-state index in [-0.39, 0.29) is 17.0 Å². The molecule has 6 nitrogen and oxygen atoms in total. The largest absolute Gasteiger partial charge is 0.479 e. The highest BCUT2D eigenvalue weighted by Gasteiger charge is 2.24. The summed E-state index contributed by atoms with van der Waals surface area (Å²) in [5.74, 6) is 1.65. The molecule has 0 aliphatic rings. The SMILES string of the molecule is CSCCC(NC(=O)C(C)Oc1cccc(Cl)c1Cl)c1nnc2ccccn12. The van der Waals surface area contributed by atoms with Gasteiger partial charge in [0.2, 0.25) is 0 Å². The average Bonchev–Trinajstić information content (AvgIpc) is 3.12. The number of thioether (sulfide) groups is 1. The number of aromatic nitrogens is 3. The van der Waals surface area contributed by atoms with Gasteiger partial charge in [0, 0.05) is 6.20 Å². The number of hydrogen-bond donors (Lipinski definition) is 1. The van der Waals surface area contributed by atoms with Crippen LogP contribution in [0.2, 0.25) is 10.0 Å². The Labute approximate surface area is 177 Å². The lowest BCUT2D eigenvalue weighted by atomic mass is 10.2. The summed E-state index contributed by atoms with van der Waals surface area (Å²) in [6.45, 7) is 1.67. The predicted octanol–water partition coefficient (Wildman–Crippen LogP) is 4.41. The van der Waals surface area contributed by atoms with Crippen molar-refractivity contribution in [1.82, 2.24) is 19.9 Å². The molecule has 0 saturated heterocycles. The molecule has 0 radical (unpaired) electrons. The second-order valence-electron chi connectivity index (χ2n) is 6.14. The van der Waals surface area contributed by atoms with Gasteiger partial charge in [-0.3, -0.25) is 9.20 Å². The first-order valence-corrected chi connectivity index (χ1v) is 10.9. The summed E-state index contributed by atoms with van der Waals surface area (Å²) in [5, 5.41) is 12.1. The molecule has 2 aromatic heterocycles. The fourth-order valence-electron chi connectivity index (χ4n) is 2.71. The molecule has 0 bridgehead atoms. The number of carbonyl (C=O) groups is 1. The highest BCUT2D eigenvalue weighted by atomic mass is 35.5. The summed E-state index contributed by atoms with van der Waals surface area (Å²) in [5.41, 5.74) is 0.732. The van der Waals surface area contributed by atoms with Gasteiger partial charge in [0.1, 0.15) is 10.8 Å². The molecular weight excluding hydrogens is 419 g/mol. The maximum absolute atomic E-state index is 12.8. The molecule has 2 atom stereocenters. The van der Waals surface area contributed by atoms with Crippen molar-refractivity contribution in [3.8, 4) is 5.75 Å². The molecule has 1 N–H and O–H groups in total. The van der Waals surface area contributed by atoms with E-state index < -0.39 is 6.10 Å². The molecule has 1 amide bonds. The van der Waals surface area contributed by atoms with Gasteiger partial charge in [0.05, 0.1) is 11.1 Å². The van der Waals surface area contributed by atoms with Crippen LogP contribution >= 0.6 is 35.0 Å². The van der Waals surface area contributed by atoms with Crippen LogP contribution in [0.1, 0.15) is 25.2 Å². The number of ether oxygens (including phenoxy) is 1. The molecule has 1 aromatic carbocycles. The Bertz CT molecular complexity index is 966. The second-order valence-corrected chi connectivity index (χ2v) is 7.91. The van der Waals surface area contributed by atoms with Crippen molar-refractivity contribution in [3.05, 3.63) is 58.5 Å². The molecule has 3 aromatic rings. The maximum Gasteiger partial charge on any atom is 0.261 e. The number of nitrogens with zero attached hydrogens (tertiary/aromatic N) is 3. The number of amides is 1. The highest BCUT2D eigenvalue weighted by Crippen LogP contribution is 2.32. The quantitative estimate of drug-likeness (QED) is 0.563. The van der Waals surface area contributed by atoms with E-state index in [2.05, 4.69) is 15.5 Å². The smallest absolute Gasteiger partial charge is 0.261 e. The molecule has 2 heterocycles. The fraction of sp³-hybridized carbons (Fsp3) is 0.316. The molecule has 0 spiro atoms. The zero-order valence-corrected chi connectivity index (χ0v) is 17.8. The zero-order chi connectivity index (χ0) is 20.1. The van der Waals surface area contributed by atoms with Gasteiger partial charge in [-0.05, 0) is 49.6 Å². The van der Waals surface area contributed by atoms with Gasteiger partial charge < -0.3 is 10.1 Å². The van der Waals surface area contributed by atoms with Crippen LogP contribution in [0.15, 0.2) is 42.6 Å². The summed E-state index contributed by atoms with van der Waals surface area (Å²) in [6.07, 6.45) is 3.86. The average molecular weight is 439 g/mol. The van der Waals surface area contributed by atoms with Gasteiger partial charge in [0.15, 0.2) is 17.6 Å². The first-order chi connectivity index (χ1) is 13.5. The van der Waals surface area contributed by atoms with Crippen molar-refractivity contribution in [1.29, 1.82) is 0 Å². The van der Waals surface area contributed by atoms with Crippen LogP contribution in [0.3, 0.4) is 0 Å². The summed E-state index contributed by atoms with van der Waals surface area (Å²) >= 11 is 13.9. The van der Waals surface area contributed by atoms with Crippen LogP contribution in [0.4, 0.5) is 0 Å². The Kier molecular flexibility index (Phi) is 7.04. The lowest BCUT2D eigenvalue weighted by Crippen LogP contribution is -2.39. The van der Waals surface area contributed by atoms with E-state index in [1.807, 2.05) is 35.1 Å². The Morgan fingerprint density at radius 2 is 2.07 bits per heavy atom. The molecule has 0 fully saturated rings. The molecule has 0 saturated carbocycles. The minimum Gasteiger partial charge on any atom is -0.479 e. The van der Waals surface area contributed by atoms with E-state index in [0.29, 0.717) is 23.0 Å². The fourth-order valence-corrected chi connectivity index (χ4v) is 3.51. The maximum atomic E-state index is 12.8. The van der Waals surface area contributed by atoms with Crippen molar-refractivity contribution in [2.75, 3.05) is 12.0 Å². The van der Waals surface area contributed by atoms with E-state index in [1.165, 1.54) is 0 Å². The van der Waals surface area contributed by atoms with E-state index in [0.717, 1.165) is 11.4 Å². The minimum absolute atomic E-state index is 0.269. The summed E-state index contributed by atoms with van der Waals surface area (Å²) in [4.78, 5) is 12.8. The number of nitrogens with one attached hydrogen (secondary N) is 1. The van der Waals surface area contributed by atoms with Crippen molar-refractivity contribution in [3.63, 3.8) is 0 Å². The third-order valence-electron chi connectivity index (χ3n) is 4.17. The standard InChI is InChI=1S/C19H20Cl2N4O2S/c1-12(27-15-7-5-6-13(20)17(15)21)19(26)22-14(9-11-28-2)18-24-23-16-8-3-4-10-25(16)18/h3-8,10,12,14H,9,11H2,1-2H3,(H,22,26). The van der Waals surface area contributed by atoms with Crippen LogP contribution < -0.4 is 10.1 Å². The third kappa shape index (κ3) is 4.71. The molecule has 2 unspecified atom stereocenters. The summed E-state index contributed by atoms with van der Waals surface area (Å²) in [7, 11) is 0. The number of benzene rings is 1. The van der Waals surface area contributed by atoms with E-state index in [9.17, 15) is 4.79 Å². The second kappa shape index (κ2) is 9.49. The van der Waals surface area contributed by atoms with Gasteiger partial charge in [0.25, 0.3) is 5.91 Å². The number of fused-ring (bicyclic) bond motifs is 1. The van der Waals surface area contributed by atoms with Gasteiger partial charge >= 0.3 is 0 Å². The number of hydrogen-bond acceptors (Lipinski definition) is 5. The molecule has 0 aliphatic carbocycles. The molecular formula is C19H20Cl2N4O2S. The third-order valence-corrected chi connectivity index (χ3v) is 5.61. The van der Waals surface area contributed by atoms with Crippen molar-refractivity contribution < 1.29 is 9.53 Å². The Balaban J connectivity index is 1.76. The van der Waals surface area contributed by atoms with Gasteiger partial charge in [-0.2, -0.15) is 11.8 Å². The Morgan fingerprint density at radius 3 is 2.86 bits per heavy atom. The van der Waals surface area contributed by atoms with Gasteiger partial charge in [-0.1, -0.05) is 35.3 Å². The highest BCUT2D eigenvalue weighted by molar-refractivity contribution is 7.98. The topological polar surface area (TPSA) is 68.5 Å². The van der Waals surface area contributed by atoms with E-state index >= 15 is 0 Å². The molecule has 0 aliphatic heterocycles. The first kappa shape index (κ1) is 20.8. The van der Waals surface area contributed by atoms with Crippen molar-refractivity contribution in [2.45, 2.75) is 25.5 Å². The minimum atomic E-state index is -0.757. The number of rotatable bonds is 8. The lowest BCUT2D eigenvalue weighted by Gasteiger charge is -2.21. The molecule has 148 valence electrons. The Morgan fingerprint density at radius 1 is 1.25 bits per heavy atom. The molecule has 9 heteroatoms. The van der Waals surface area contributed by atoms with E-state index in [1.54, 1.807) is 36.9 Å². The van der Waals surface area contributed by atoms with Crippen LogP contribution in [0, 0.1) is 0 Å². The normalized spacial score (nSPS) is 13.3. The predicted molar refractivity (Wildman–Crippen MR) is 113 cm³/mol. The monoisotopic (exact) mass is 438 g/mol. The van der Waals surface area contributed by atoms with Crippen molar-refractivity contribution in [2.24, 2.45) is 0 Å². The van der Waals surface area contributed by atoms with Crippen LogP contribution in [0.5, 0.6) is 5.75 Å². The number of carbonyl (C=O) groups excluding carboxylic acids is 1. The molecule has 3 rings (SSSR count). The van der Waals surface area contributed by atoms with Crippen LogP contribution in [-0.4, -0.2) is 38.6 Å². The number of pyridine rings is 1. The van der Waals surface area contributed by atoms with Crippen LogP contribution in [0.25, 0.3) is 5.65 Å². The van der Waals surface area contributed by atoms with Gasteiger partial charge in [-0.25, -0.2) is 0 Å².